The summed E-state index contributed by atoms with van der Waals surface area (Å²) in [7, 11) is 0. The van der Waals surface area contributed by atoms with Gasteiger partial charge in [0.1, 0.15) is 5.76 Å². The highest BCUT2D eigenvalue weighted by Crippen LogP contribution is 2.17. The Morgan fingerprint density at radius 1 is 1.08 bits per heavy atom. The summed E-state index contributed by atoms with van der Waals surface area (Å²) < 4.78 is 11.8. The van der Waals surface area contributed by atoms with Crippen LogP contribution in [0.2, 0.25) is 0 Å². The van der Waals surface area contributed by atoms with Gasteiger partial charge in [0.25, 0.3) is 0 Å². The molecule has 3 heterocycles. The molecule has 1 aromatic heterocycles. The van der Waals surface area contributed by atoms with Crippen molar-refractivity contribution in [2.45, 2.75) is 52.3 Å². The summed E-state index contributed by atoms with van der Waals surface area (Å²) in [6, 6.07) is 0.611. The first-order valence-corrected chi connectivity index (χ1v) is 9.76. The maximum absolute atomic E-state index is 5.99. The van der Waals surface area contributed by atoms with Crippen LogP contribution in [0.1, 0.15) is 45.3 Å². The van der Waals surface area contributed by atoms with E-state index in [0.717, 1.165) is 70.6 Å². The zero-order valence-electron chi connectivity index (χ0n) is 16.3. The number of aromatic nitrogens is 1. The predicted molar refractivity (Wildman–Crippen MR) is 98.8 cm³/mol. The Morgan fingerprint density at radius 3 is 2.44 bits per heavy atom. The van der Waals surface area contributed by atoms with Gasteiger partial charge in [-0.1, -0.05) is 13.8 Å². The molecule has 0 aliphatic carbocycles. The van der Waals surface area contributed by atoms with E-state index >= 15 is 0 Å². The van der Waals surface area contributed by atoms with Crippen LogP contribution in [0.15, 0.2) is 10.6 Å². The highest BCUT2D eigenvalue weighted by molar-refractivity contribution is 4.99. The first-order valence-electron chi connectivity index (χ1n) is 9.76. The smallest absolute Gasteiger partial charge is 0.208 e. The van der Waals surface area contributed by atoms with Crippen molar-refractivity contribution in [1.29, 1.82) is 0 Å². The fourth-order valence-electron chi connectivity index (χ4n) is 3.60. The van der Waals surface area contributed by atoms with Gasteiger partial charge in [0.2, 0.25) is 5.89 Å². The molecular weight excluding hydrogens is 316 g/mol. The average molecular weight is 351 g/mol. The van der Waals surface area contributed by atoms with Crippen LogP contribution in [0.3, 0.4) is 0 Å². The molecular formula is C19H34N4O2. The van der Waals surface area contributed by atoms with Gasteiger partial charge in [0.15, 0.2) is 0 Å². The van der Waals surface area contributed by atoms with E-state index in [1.165, 1.54) is 0 Å². The highest BCUT2D eigenvalue weighted by Gasteiger charge is 2.26. The normalized spacial score (nSPS) is 24.5. The van der Waals surface area contributed by atoms with Crippen LogP contribution in [-0.4, -0.2) is 84.2 Å². The van der Waals surface area contributed by atoms with Crippen molar-refractivity contribution in [3.63, 3.8) is 0 Å². The summed E-state index contributed by atoms with van der Waals surface area (Å²) in [6.45, 7) is 18.0. The van der Waals surface area contributed by atoms with Crippen molar-refractivity contribution in [2.75, 3.05) is 52.4 Å². The maximum Gasteiger partial charge on any atom is 0.208 e. The predicted octanol–water partition coefficient (Wildman–Crippen LogP) is 2.02. The molecule has 0 saturated carbocycles. The van der Waals surface area contributed by atoms with Gasteiger partial charge in [0, 0.05) is 57.8 Å². The summed E-state index contributed by atoms with van der Waals surface area (Å²) >= 11 is 0. The van der Waals surface area contributed by atoms with Crippen LogP contribution >= 0.6 is 0 Å². The molecule has 6 heteroatoms. The number of oxazole rings is 1. The first kappa shape index (κ1) is 18.8. The van der Waals surface area contributed by atoms with Gasteiger partial charge in [-0.05, 0) is 13.8 Å². The van der Waals surface area contributed by atoms with Crippen LogP contribution in [-0.2, 0) is 11.3 Å². The molecule has 0 amide bonds. The molecule has 142 valence electrons. The second-order valence-corrected chi connectivity index (χ2v) is 7.97. The van der Waals surface area contributed by atoms with Crippen LogP contribution in [0.4, 0.5) is 0 Å². The Morgan fingerprint density at radius 2 is 1.80 bits per heavy atom. The Labute approximate surface area is 152 Å². The molecule has 0 radical (unpaired) electrons. The quantitative estimate of drug-likeness (QED) is 0.782. The number of hydrogen-bond donors (Lipinski definition) is 0. The van der Waals surface area contributed by atoms with Crippen molar-refractivity contribution in [3.8, 4) is 0 Å². The second kappa shape index (κ2) is 8.62. The van der Waals surface area contributed by atoms with Gasteiger partial charge in [0.05, 0.1) is 25.5 Å². The lowest BCUT2D eigenvalue weighted by Gasteiger charge is -2.40. The largest absolute Gasteiger partial charge is 0.444 e. The fraction of sp³-hybridized carbons (Fsp3) is 0.842. The minimum absolute atomic E-state index is 0.350. The van der Waals surface area contributed by atoms with E-state index in [9.17, 15) is 0 Å². The van der Waals surface area contributed by atoms with E-state index in [-0.39, 0.29) is 0 Å². The van der Waals surface area contributed by atoms with Crippen molar-refractivity contribution in [1.82, 2.24) is 19.7 Å². The zero-order valence-corrected chi connectivity index (χ0v) is 16.3. The molecule has 1 atom stereocenters. The lowest BCUT2D eigenvalue weighted by molar-refractivity contribution is -0.0567. The molecule has 3 rings (SSSR count). The third-order valence-corrected chi connectivity index (χ3v) is 5.33. The molecule has 2 aliphatic heterocycles. The number of rotatable bonds is 6. The fourth-order valence-corrected chi connectivity index (χ4v) is 3.60. The molecule has 2 fully saturated rings. The molecule has 0 N–H and O–H groups in total. The van der Waals surface area contributed by atoms with Crippen LogP contribution in [0.25, 0.3) is 0 Å². The summed E-state index contributed by atoms with van der Waals surface area (Å²) in [5.74, 6) is 2.23. The van der Waals surface area contributed by atoms with Crippen LogP contribution in [0.5, 0.6) is 0 Å². The average Bonchev–Trinajstić information content (AvgIpc) is 3.06. The molecule has 0 bridgehead atoms. The van der Waals surface area contributed by atoms with E-state index in [0.29, 0.717) is 18.1 Å². The van der Waals surface area contributed by atoms with Gasteiger partial charge in [-0.3, -0.25) is 14.7 Å². The van der Waals surface area contributed by atoms with Gasteiger partial charge >= 0.3 is 0 Å². The van der Waals surface area contributed by atoms with Crippen molar-refractivity contribution in [3.05, 3.63) is 17.8 Å². The Hall–Kier alpha value is -0.950. The van der Waals surface area contributed by atoms with Gasteiger partial charge in [-0.2, -0.15) is 0 Å². The van der Waals surface area contributed by atoms with Crippen LogP contribution < -0.4 is 0 Å². The molecule has 6 nitrogen and oxygen atoms in total. The monoisotopic (exact) mass is 350 g/mol. The van der Waals surface area contributed by atoms with Gasteiger partial charge in [-0.25, -0.2) is 4.98 Å². The van der Waals surface area contributed by atoms with Crippen molar-refractivity contribution in [2.24, 2.45) is 0 Å². The third kappa shape index (κ3) is 5.26. The van der Waals surface area contributed by atoms with E-state index in [4.69, 9.17) is 9.15 Å². The molecule has 0 aromatic carbocycles. The second-order valence-electron chi connectivity index (χ2n) is 7.97. The molecule has 2 saturated heterocycles. The molecule has 1 aromatic rings. The number of piperazine rings is 1. The van der Waals surface area contributed by atoms with E-state index in [2.05, 4.69) is 47.4 Å². The van der Waals surface area contributed by atoms with Crippen LogP contribution in [0, 0.1) is 0 Å². The Bertz CT molecular complexity index is 523. The summed E-state index contributed by atoms with van der Waals surface area (Å²) in [5.41, 5.74) is 0. The van der Waals surface area contributed by atoms with E-state index in [1.54, 1.807) is 0 Å². The molecule has 0 spiro atoms. The SMILES string of the molecule is CC(C)c1cnc(CN2CCN(CC3CN(C(C)C)CCO3)CC2)o1. The summed E-state index contributed by atoms with van der Waals surface area (Å²) in [4.78, 5) is 11.9. The summed E-state index contributed by atoms with van der Waals surface area (Å²) in [5, 5.41) is 0. The Balaban J connectivity index is 1.41. The highest BCUT2D eigenvalue weighted by atomic mass is 16.5. The number of hydrogen-bond acceptors (Lipinski definition) is 6. The third-order valence-electron chi connectivity index (χ3n) is 5.33. The number of morpholine rings is 1. The lowest BCUT2D eigenvalue weighted by Crippen LogP contribution is -2.53. The molecule has 1 unspecified atom stereocenters. The van der Waals surface area contributed by atoms with E-state index < -0.39 is 0 Å². The molecule has 2 aliphatic rings. The number of ether oxygens (including phenoxy) is 1. The van der Waals surface area contributed by atoms with E-state index in [1.807, 2.05) is 6.20 Å². The van der Waals surface area contributed by atoms with Crippen molar-refractivity contribution >= 4 is 0 Å². The summed E-state index contributed by atoms with van der Waals surface area (Å²) in [6.07, 6.45) is 2.22. The van der Waals surface area contributed by atoms with Crippen molar-refractivity contribution < 1.29 is 9.15 Å². The topological polar surface area (TPSA) is 45.0 Å². The minimum atomic E-state index is 0.350. The van der Waals surface area contributed by atoms with Gasteiger partial charge < -0.3 is 9.15 Å². The zero-order chi connectivity index (χ0) is 17.8. The molecule has 25 heavy (non-hydrogen) atoms. The maximum atomic E-state index is 5.99. The standard InChI is InChI=1S/C19H34N4O2/c1-15(2)18-11-20-19(25-18)14-22-7-5-21(6-8-22)12-17-13-23(16(3)4)9-10-24-17/h11,15-17H,5-10,12-14H2,1-4H3. The first-order chi connectivity index (χ1) is 12.0. The Kier molecular flexibility index (Phi) is 6.49. The number of nitrogens with zero attached hydrogens (tertiary/aromatic N) is 4. The lowest BCUT2D eigenvalue weighted by atomic mass is 10.2. The minimum Gasteiger partial charge on any atom is -0.444 e. The van der Waals surface area contributed by atoms with Gasteiger partial charge in [-0.15, -0.1) is 0 Å².